The van der Waals surface area contributed by atoms with E-state index in [4.69, 9.17) is 0 Å². The lowest BCUT2D eigenvalue weighted by molar-refractivity contribution is 0.0891. The zero-order chi connectivity index (χ0) is 10.7. The van der Waals surface area contributed by atoms with E-state index in [1.807, 2.05) is 6.92 Å². The lowest BCUT2D eigenvalue weighted by Crippen LogP contribution is -2.42. The van der Waals surface area contributed by atoms with Gasteiger partial charge in [-0.2, -0.15) is 0 Å². The van der Waals surface area contributed by atoms with Crippen LogP contribution in [0.5, 0.6) is 0 Å². The van der Waals surface area contributed by atoms with Gasteiger partial charge >= 0.3 is 0 Å². The van der Waals surface area contributed by atoms with Crippen molar-refractivity contribution < 1.29 is 5.11 Å². The smallest absolute Gasteiger partial charge is 0.0526 e. The zero-order valence-electron chi connectivity index (χ0n) is 10.0. The molecule has 4 atom stereocenters. The van der Waals surface area contributed by atoms with Crippen LogP contribution in [0, 0.1) is 0 Å². The van der Waals surface area contributed by atoms with Crippen molar-refractivity contribution in [2.75, 3.05) is 0 Å². The Morgan fingerprint density at radius 1 is 1.36 bits per heavy atom. The van der Waals surface area contributed by atoms with E-state index in [0.29, 0.717) is 12.1 Å². The van der Waals surface area contributed by atoms with E-state index >= 15 is 0 Å². The fraction of sp³-hybridized carbons (Fsp3) is 1.00. The van der Waals surface area contributed by atoms with Gasteiger partial charge in [-0.05, 0) is 46.5 Å². The zero-order valence-corrected chi connectivity index (χ0v) is 10.0. The van der Waals surface area contributed by atoms with Crippen LogP contribution in [0.15, 0.2) is 0 Å². The summed E-state index contributed by atoms with van der Waals surface area (Å²) in [5, 5.41) is 9.40. The fourth-order valence-electron chi connectivity index (χ4n) is 2.92. The van der Waals surface area contributed by atoms with Crippen molar-refractivity contribution in [3.8, 4) is 0 Å². The average molecular weight is 199 g/mol. The van der Waals surface area contributed by atoms with E-state index in [9.17, 15) is 5.11 Å². The molecule has 0 aromatic carbocycles. The third-order valence-electron chi connectivity index (χ3n) is 3.51. The number of aliphatic hydroxyl groups excluding tert-OH is 1. The highest BCUT2D eigenvalue weighted by molar-refractivity contribution is 4.88. The molecule has 1 fully saturated rings. The van der Waals surface area contributed by atoms with Crippen molar-refractivity contribution in [1.29, 1.82) is 0 Å². The van der Waals surface area contributed by atoms with Gasteiger partial charge in [-0.3, -0.25) is 4.90 Å². The minimum Gasteiger partial charge on any atom is -0.393 e. The van der Waals surface area contributed by atoms with Crippen LogP contribution in [0.1, 0.15) is 53.4 Å². The molecule has 0 saturated carbocycles. The largest absolute Gasteiger partial charge is 0.393 e. The molecule has 0 aromatic heterocycles. The summed E-state index contributed by atoms with van der Waals surface area (Å²) < 4.78 is 0. The molecule has 1 aliphatic heterocycles. The van der Waals surface area contributed by atoms with Gasteiger partial charge in [-0.25, -0.2) is 0 Å². The molecule has 1 rings (SSSR count). The van der Waals surface area contributed by atoms with E-state index in [0.717, 1.165) is 12.5 Å². The Bertz CT molecular complexity index is 170. The van der Waals surface area contributed by atoms with Gasteiger partial charge in [0.15, 0.2) is 0 Å². The summed E-state index contributed by atoms with van der Waals surface area (Å²) in [5.74, 6) is 0. The van der Waals surface area contributed by atoms with E-state index < -0.39 is 0 Å². The Morgan fingerprint density at radius 2 is 2.00 bits per heavy atom. The maximum Gasteiger partial charge on any atom is 0.0526 e. The van der Waals surface area contributed by atoms with Crippen LogP contribution in [0.4, 0.5) is 0 Å². The van der Waals surface area contributed by atoms with Crippen molar-refractivity contribution in [3.05, 3.63) is 0 Å². The molecule has 0 aromatic rings. The predicted molar refractivity (Wildman–Crippen MR) is 60.4 cm³/mol. The molecule has 0 amide bonds. The van der Waals surface area contributed by atoms with Gasteiger partial charge in [0.05, 0.1) is 6.10 Å². The number of likely N-dealkylation sites (tertiary alicyclic amines) is 1. The van der Waals surface area contributed by atoms with Crippen LogP contribution in [0.3, 0.4) is 0 Å². The maximum atomic E-state index is 9.40. The first-order valence-corrected chi connectivity index (χ1v) is 6.01. The van der Waals surface area contributed by atoms with E-state index in [-0.39, 0.29) is 6.10 Å². The molecule has 1 heterocycles. The van der Waals surface area contributed by atoms with Gasteiger partial charge in [0.1, 0.15) is 0 Å². The fourth-order valence-corrected chi connectivity index (χ4v) is 2.92. The molecular weight excluding hydrogens is 174 g/mol. The first kappa shape index (κ1) is 12.0. The van der Waals surface area contributed by atoms with E-state index in [1.165, 1.54) is 19.3 Å². The summed E-state index contributed by atoms with van der Waals surface area (Å²) >= 11 is 0. The second-order valence-corrected chi connectivity index (χ2v) is 4.87. The number of hydrogen-bond donors (Lipinski definition) is 1. The molecule has 2 heteroatoms. The molecule has 1 aliphatic rings. The topological polar surface area (TPSA) is 23.5 Å². The third-order valence-corrected chi connectivity index (χ3v) is 3.51. The normalized spacial score (nSPS) is 33.2. The van der Waals surface area contributed by atoms with Crippen molar-refractivity contribution in [1.82, 2.24) is 4.90 Å². The first-order chi connectivity index (χ1) is 6.56. The quantitative estimate of drug-likeness (QED) is 0.751. The van der Waals surface area contributed by atoms with Gasteiger partial charge in [0.2, 0.25) is 0 Å². The Labute approximate surface area is 88.3 Å². The summed E-state index contributed by atoms with van der Waals surface area (Å²) in [5.41, 5.74) is 0. The number of rotatable bonds is 4. The van der Waals surface area contributed by atoms with Gasteiger partial charge in [-0.1, -0.05) is 6.92 Å². The SMILES string of the molecule is CCC1CCC(C)N1C(C)CC(C)O. The molecule has 4 unspecified atom stereocenters. The van der Waals surface area contributed by atoms with Gasteiger partial charge in [0, 0.05) is 18.1 Å². The molecule has 14 heavy (non-hydrogen) atoms. The Hall–Kier alpha value is -0.0800. The van der Waals surface area contributed by atoms with Crippen LogP contribution >= 0.6 is 0 Å². The highest BCUT2D eigenvalue weighted by Gasteiger charge is 2.32. The highest BCUT2D eigenvalue weighted by Crippen LogP contribution is 2.29. The van der Waals surface area contributed by atoms with E-state index in [1.54, 1.807) is 0 Å². The van der Waals surface area contributed by atoms with Gasteiger partial charge < -0.3 is 5.11 Å². The molecule has 0 aliphatic carbocycles. The minimum absolute atomic E-state index is 0.171. The van der Waals surface area contributed by atoms with Crippen molar-refractivity contribution in [2.45, 2.75) is 77.6 Å². The van der Waals surface area contributed by atoms with Gasteiger partial charge in [0.25, 0.3) is 0 Å². The van der Waals surface area contributed by atoms with Crippen LogP contribution in [0.25, 0.3) is 0 Å². The first-order valence-electron chi connectivity index (χ1n) is 6.01. The number of nitrogens with zero attached hydrogens (tertiary/aromatic N) is 1. The molecule has 84 valence electrons. The second kappa shape index (κ2) is 5.13. The average Bonchev–Trinajstić information content (AvgIpc) is 2.45. The Morgan fingerprint density at radius 3 is 2.50 bits per heavy atom. The molecule has 0 spiro atoms. The third kappa shape index (κ3) is 2.71. The Balaban J connectivity index is 2.54. The van der Waals surface area contributed by atoms with Crippen molar-refractivity contribution in [2.24, 2.45) is 0 Å². The lowest BCUT2D eigenvalue weighted by Gasteiger charge is -2.34. The molecule has 0 bridgehead atoms. The standard InChI is InChI=1S/C12H25NO/c1-5-12-7-6-9(2)13(12)10(3)8-11(4)14/h9-12,14H,5-8H2,1-4H3. The number of aliphatic hydroxyl groups is 1. The summed E-state index contributed by atoms with van der Waals surface area (Å²) in [7, 11) is 0. The van der Waals surface area contributed by atoms with Crippen LogP contribution < -0.4 is 0 Å². The highest BCUT2D eigenvalue weighted by atomic mass is 16.3. The second-order valence-electron chi connectivity index (χ2n) is 4.87. The summed E-state index contributed by atoms with van der Waals surface area (Å²) in [6, 6.07) is 1.98. The number of hydrogen-bond acceptors (Lipinski definition) is 2. The van der Waals surface area contributed by atoms with Crippen molar-refractivity contribution in [3.63, 3.8) is 0 Å². The van der Waals surface area contributed by atoms with E-state index in [2.05, 4.69) is 25.7 Å². The molecule has 2 nitrogen and oxygen atoms in total. The lowest BCUT2D eigenvalue weighted by atomic mass is 10.1. The molecule has 1 saturated heterocycles. The van der Waals surface area contributed by atoms with Gasteiger partial charge in [-0.15, -0.1) is 0 Å². The molecular formula is C12H25NO. The summed E-state index contributed by atoms with van der Waals surface area (Å²) in [4.78, 5) is 2.60. The van der Waals surface area contributed by atoms with Crippen LogP contribution in [0.2, 0.25) is 0 Å². The minimum atomic E-state index is -0.171. The van der Waals surface area contributed by atoms with Crippen molar-refractivity contribution >= 4 is 0 Å². The maximum absolute atomic E-state index is 9.40. The monoisotopic (exact) mass is 199 g/mol. The summed E-state index contributed by atoms with van der Waals surface area (Å²) in [6.07, 6.45) is 4.63. The van der Waals surface area contributed by atoms with Crippen LogP contribution in [-0.4, -0.2) is 34.2 Å². The molecule has 0 radical (unpaired) electrons. The predicted octanol–water partition coefficient (Wildman–Crippen LogP) is 2.41. The van der Waals surface area contributed by atoms with Crippen LogP contribution in [-0.2, 0) is 0 Å². The summed E-state index contributed by atoms with van der Waals surface area (Å²) in [6.45, 7) is 8.72. The Kier molecular flexibility index (Phi) is 4.39. The molecule has 1 N–H and O–H groups in total.